The van der Waals surface area contributed by atoms with Gasteiger partial charge in [0.05, 0.1) is 5.41 Å². The van der Waals surface area contributed by atoms with E-state index in [9.17, 15) is 14.7 Å². The number of ether oxygens (including phenoxy) is 1. The van der Waals surface area contributed by atoms with Crippen LogP contribution >= 0.6 is 0 Å². The number of carboxylic acids is 1. The van der Waals surface area contributed by atoms with E-state index in [1.54, 1.807) is 0 Å². The van der Waals surface area contributed by atoms with E-state index in [4.69, 9.17) is 4.74 Å². The van der Waals surface area contributed by atoms with Crippen molar-refractivity contribution in [3.63, 3.8) is 0 Å². The van der Waals surface area contributed by atoms with Gasteiger partial charge < -0.3 is 9.84 Å². The molecule has 4 aliphatic rings. The predicted octanol–water partition coefficient (Wildman–Crippen LogP) is 5.53. The van der Waals surface area contributed by atoms with E-state index in [1.807, 2.05) is 26.8 Å². The zero-order chi connectivity index (χ0) is 21.2. The molecule has 0 aromatic heterocycles. The number of fused-ring (bicyclic) bond motifs is 3. The molecule has 160 valence electrons. The highest BCUT2D eigenvalue weighted by Gasteiger charge is 2.69. The Labute approximate surface area is 174 Å². The smallest absolute Gasteiger partial charge is 0.333 e. The molecule has 0 radical (unpaired) electrons. The molecule has 0 amide bonds. The molecule has 0 unspecified atom stereocenters. The summed E-state index contributed by atoms with van der Waals surface area (Å²) < 4.78 is 6.23. The zero-order valence-corrected chi connectivity index (χ0v) is 18.6. The Morgan fingerprint density at radius 3 is 2.38 bits per heavy atom. The highest BCUT2D eigenvalue weighted by atomic mass is 16.5. The number of carboxylic acid groups (broad SMARTS) is 1. The Morgan fingerprint density at radius 2 is 1.72 bits per heavy atom. The predicted molar refractivity (Wildman–Crippen MR) is 112 cm³/mol. The number of rotatable bonds is 3. The molecule has 0 heterocycles. The molecule has 3 saturated carbocycles. The fraction of sp³-hybridized carbons (Fsp3) is 0.760. The molecule has 4 rings (SSSR count). The summed E-state index contributed by atoms with van der Waals surface area (Å²) in [6, 6.07) is 0. The SMILES string of the molecule is C/C=C(/C)C(=O)O[C@@H]1[C@]23C=C[C@@]1(C)CC[C@H]2[C@]1(C)CCC[C@@](C)(C(=O)O)[C@@H]1CC3. The lowest BCUT2D eigenvalue weighted by Gasteiger charge is -2.65. The van der Waals surface area contributed by atoms with Crippen LogP contribution < -0.4 is 0 Å². The molecule has 0 aromatic rings. The average molecular weight is 401 g/mol. The molecule has 0 aliphatic heterocycles. The summed E-state index contributed by atoms with van der Waals surface area (Å²) >= 11 is 0. The van der Waals surface area contributed by atoms with E-state index in [2.05, 4.69) is 26.0 Å². The lowest BCUT2D eigenvalue weighted by Crippen LogP contribution is -2.63. The molecule has 0 aromatic carbocycles. The van der Waals surface area contributed by atoms with Gasteiger partial charge in [-0.2, -0.15) is 0 Å². The minimum absolute atomic E-state index is 0.0278. The van der Waals surface area contributed by atoms with E-state index in [0.717, 1.165) is 44.9 Å². The maximum Gasteiger partial charge on any atom is 0.333 e. The molecule has 29 heavy (non-hydrogen) atoms. The summed E-state index contributed by atoms with van der Waals surface area (Å²) in [6.45, 7) is 10.2. The first kappa shape index (κ1) is 20.7. The van der Waals surface area contributed by atoms with Crippen molar-refractivity contribution in [2.45, 2.75) is 85.7 Å². The van der Waals surface area contributed by atoms with E-state index >= 15 is 0 Å². The standard InChI is InChI=1S/C25H36O4/c1-6-16(2)19(26)29-20-22(3)12-8-18-23(4)10-7-11-24(5,21(27)28)17(23)9-13-25(18,20)15-14-22/h6,14-15,17-18,20H,7-13H2,1-5H3,(H,27,28)/b16-6-/t17-,18+,20+,22-,23-,24-,25-/m1/s1. The quantitative estimate of drug-likeness (QED) is 0.384. The molecule has 0 saturated heterocycles. The first-order chi connectivity index (χ1) is 13.5. The molecule has 3 fully saturated rings. The van der Waals surface area contributed by atoms with Gasteiger partial charge in [-0.05, 0) is 76.5 Å². The van der Waals surface area contributed by atoms with Gasteiger partial charge in [0.25, 0.3) is 0 Å². The lowest BCUT2D eigenvalue weighted by atomic mass is 9.39. The van der Waals surface area contributed by atoms with Crippen LogP contribution in [0.4, 0.5) is 0 Å². The highest BCUT2D eigenvalue weighted by Crippen LogP contribution is 2.72. The molecule has 4 nitrogen and oxygen atoms in total. The van der Waals surface area contributed by atoms with Crippen LogP contribution in [0.2, 0.25) is 0 Å². The minimum atomic E-state index is -0.647. The molecule has 2 bridgehead atoms. The Bertz CT molecular complexity index is 797. The van der Waals surface area contributed by atoms with Gasteiger partial charge in [0.15, 0.2) is 0 Å². The highest BCUT2D eigenvalue weighted by molar-refractivity contribution is 5.88. The number of allylic oxidation sites excluding steroid dienone is 1. The second-order valence-electron chi connectivity index (χ2n) is 11.0. The normalized spacial score (nSPS) is 48.6. The van der Waals surface area contributed by atoms with Gasteiger partial charge in [0, 0.05) is 16.4 Å². The van der Waals surface area contributed by atoms with Crippen LogP contribution in [0.1, 0.15) is 79.6 Å². The Balaban J connectivity index is 1.74. The summed E-state index contributed by atoms with van der Waals surface area (Å²) in [6.07, 6.45) is 13.0. The largest absolute Gasteiger partial charge is 0.481 e. The van der Waals surface area contributed by atoms with E-state index in [-0.39, 0.29) is 34.2 Å². The lowest BCUT2D eigenvalue weighted by molar-refractivity contribution is -0.208. The van der Waals surface area contributed by atoms with Crippen LogP contribution in [0.15, 0.2) is 23.8 Å². The first-order valence-electron chi connectivity index (χ1n) is 11.3. The second kappa shape index (κ2) is 6.46. The van der Waals surface area contributed by atoms with Gasteiger partial charge in [-0.1, -0.05) is 38.5 Å². The fourth-order valence-corrected chi connectivity index (χ4v) is 7.89. The van der Waals surface area contributed by atoms with E-state index in [1.165, 1.54) is 0 Å². The van der Waals surface area contributed by atoms with Crippen LogP contribution in [0.5, 0.6) is 0 Å². The Morgan fingerprint density at radius 1 is 1.03 bits per heavy atom. The third-order valence-electron chi connectivity index (χ3n) is 9.59. The minimum Gasteiger partial charge on any atom is -0.481 e. The number of carbonyl (C=O) groups is 2. The van der Waals surface area contributed by atoms with E-state index in [0.29, 0.717) is 11.5 Å². The van der Waals surface area contributed by atoms with Gasteiger partial charge in [0.2, 0.25) is 0 Å². The van der Waals surface area contributed by atoms with Crippen molar-refractivity contribution in [2.75, 3.05) is 0 Å². The van der Waals surface area contributed by atoms with Gasteiger partial charge in [-0.3, -0.25) is 4.79 Å². The summed E-state index contributed by atoms with van der Waals surface area (Å²) in [4.78, 5) is 25.0. The Hall–Kier alpha value is -1.58. The van der Waals surface area contributed by atoms with E-state index < -0.39 is 11.4 Å². The molecule has 4 heteroatoms. The van der Waals surface area contributed by atoms with Gasteiger partial charge in [-0.25, -0.2) is 4.79 Å². The number of carbonyl (C=O) groups excluding carboxylic acids is 1. The number of esters is 1. The van der Waals surface area contributed by atoms with Gasteiger partial charge >= 0.3 is 11.9 Å². The molecule has 7 atom stereocenters. The molecule has 1 spiro atoms. The van der Waals surface area contributed by atoms with Crippen molar-refractivity contribution in [2.24, 2.45) is 33.5 Å². The first-order valence-corrected chi connectivity index (χ1v) is 11.3. The van der Waals surface area contributed by atoms with Crippen molar-refractivity contribution in [3.05, 3.63) is 23.8 Å². The van der Waals surface area contributed by atoms with Crippen molar-refractivity contribution >= 4 is 11.9 Å². The average Bonchev–Trinajstić information content (AvgIpc) is 2.83. The summed E-state index contributed by atoms with van der Waals surface area (Å²) in [5.41, 5.74) is -0.291. The monoisotopic (exact) mass is 400 g/mol. The van der Waals surface area contributed by atoms with Gasteiger partial charge in [0.1, 0.15) is 6.10 Å². The zero-order valence-electron chi connectivity index (χ0n) is 18.6. The van der Waals surface area contributed by atoms with Crippen molar-refractivity contribution in [1.82, 2.24) is 0 Å². The number of hydrogen-bond donors (Lipinski definition) is 1. The third kappa shape index (κ3) is 2.63. The van der Waals surface area contributed by atoms with Crippen LogP contribution in [-0.2, 0) is 14.3 Å². The third-order valence-corrected chi connectivity index (χ3v) is 9.59. The second-order valence-corrected chi connectivity index (χ2v) is 11.0. The number of hydrogen-bond acceptors (Lipinski definition) is 3. The number of aliphatic carboxylic acids is 1. The maximum atomic E-state index is 12.7. The van der Waals surface area contributed by atoms with Crippen LogP contribution in [0.3, 0.4) is 0 Å². The molecule has 1 N–H and O–H groups in total. The van der Waals surface area contributed by atoms with Crippen LogP contribution in [0.25, 0.3) is 0 Å². The Kier molecular flexibility index (Phi) is 4.61. The summed E-state index contributed by atoms with van der Waals surface area (Å²) in [5, 5.41) is 10.1. The summed E-state index contributed by atoms with van der Waals surface area (Å²) in [7, 11) is 0. The fourth-order valence-electron chi connectivity index (χ4n) is 7.89. The van der Waals surface area contributed by atoms with Gasteiger partial charge in [-0.15, -0.1) is 0 Å². The molecular formula is C25H36O4. The topological polar surface area (TPSA) is 63.6 Å². The van der Waals surface area contributed by atoms with Crippen molar-refractivity contribution < 1.29 is 19.4 Å². The van der Waals surface area contributed by atoms with Crippen LogP contribution in [0, 0.1) is 33.5 Å². The summed E-state index contributed by atoms with van der Waals surface area (Å²) in [5.74, 6) is -0.301. The molecule has 4 aliphatic carbocycles. The maximum absolute atomic E-state index is 12.7. The van der Waals surface area contributed by atoms with Crippen molar-refractivity contribution in [1.29, 1.82) is 0 Å². The van der Waals surface area contributed by atoms with Crippen molar-refractivity contribution in [3.8, 4) is 0 Å². The molecular weight excluding hydrogens is 364 g/mol. The van der Waals surface area contributed by atoms with Crippen LogP contribution in [-0.4, -0.2) is 23.1 Å².